The number of benzene rings is 2. The van der Waals surface area contributed by atoms with Crippen molar-refractivity contribution in [2.24, 2.45) is 5.92 Å². The highest BCUT2D eigenvalue weighted by Gasteiger charge is 2.04. The van der Waals surface area contributed by atoms with E-state index in [0.29, 0.717) is 5.92 Å². The lowest BCUT2D eigenvalue weighted by molar-refractivity contribution is -0.106. The third kappa shape index (κ3) is 23.3. The van der Waals surface area contributed by atoms with E-state index in [1.807, 2.05) is 55.6 Å². The SMILES string of the molecule is C#CCC.CC(C)=CSCc1ccccc1Oc1ccccc1.CC=O.CCCCCC(CC)CNC#N. The Balaban J connectivity index is 0. The molecule has 0 aromatic heterocycles. The number of rotatable bonds is 12. The van der Waals surface area contributed by atoms with Crippen molar-refractivity contribution in [3.63, 3.8) is 0 Å². The zero-order valence-corrected chi connectivity index (χ0v) is 25.2. The molecule has 0 heterocycles. The molecule has 0 radical (unpaired) electrons. The van der Waals surface area contributed by atoms with Gasteiger partial charge in [-0.2, -0.15) is 5.26 Å². The lowest BCUT2D eigenvalue weighted by atomic mass is 9.99. The molecular formula is C33H48N2O2S. The molecule has 2 rings (SSSR count). The maximum Gasteiger partial charge on any atom is 0.176 e. The maximum atomic E-state index is 8.81. The average molecular weight is 537 g/mol. The average Bonchev–Trinajstić information content (AvgIpc) is 2.93. The van der Waals surface area contributed by atoms with Gasteiger partial charge in [0.15, 0.2) is 6.19 Å². The molecule has 2 aromatic carbocycles. The minimum absolute atomic E-state index is 0.691. The predicted octanol–water partition coefficient (Wildman–Crippen LogP) is 9.53. The molecule has 0 fully saturated rings. The Morgan fingerprint density at radius 1 is 1.08 bits per heavy atom. The Labute approximate surface area is 237 Å². The summed E-state index contributed by atoms with van der Waals surface area (Å²) in [7, 11) is 0. The topological polar surface area (TPSA) is 62.1 Å². The van der Waals surface area contributed by atoms with Gasteiger partial charge in [0.2, 0.25) is 0 Å². The van der Waals surface area contributed by atoms with E-state index in [1.54, 1.807) is 11.8 Å². The summed E-state index contributed by atoms with van der Waals surface area (Å²) in [5, 5.41) is 13.2. The summed E-state index contributed by atoms with van der Waals surface area (Å²) in [6, 6.07) is 18.1. The minimum Gasteiger partial charge on any atom is -0.457 e. The van der Waals surface area contributed by atoms with Crippen molar-refractivity contribution in [3.05, 3.63) is 71.1 Å². The van der Waals surface area contributed by atoms with Crippen LogP contribution in [0, 0.1) is 29.7 Å². The summed E-state index contributed by atoms with van der Waals surface area (Å²) in [4.78, 5) is 8.81. The van der Waals surface area contributed by atoms with Crippen LogP contribution in [0.2, 0.25) is 0 Å². The molecule has 2 aromatic rings. The fraction of sp³-hybridized carbons (Fsp3) is 0.455. The molecule has 0 aliphatic carbocycles. The Bertz CT molecular complexity index is 926. The summed E-state index contributed by atoms with van der Waals surface area (Å²) >= 11 is 1.80. The standard InChI is InChI=1S/C17H18OS.C10H20N2.C4H6.C2H4O/c1-14(2)12-19-13-15-8-6-7-11-17(15)18-16-9-4-3-5-10-16;1-3-5-6-7-10(4-2)8-12-9-11;1-3-4-2;1-2-3/h3-12H,13H2,1-2H3;10,12H,3-8H2,1-2H3;1H,4H2,2H3;2H,1H3. The van der Waals surface area contributed by atoms with Gasteiger partial charge in [0.05, 0.1) is 0 Å². The molecule has 0 saturated carbocycles. The first-order valence-corrected chi connectivity index (χ1v) is 14.5. The van der Waals surface area contributed by atoms with E-state index in [-0.39, 0.29) is 0 Å². The zero-order valence-electron chi connectivity index (χ0n) is 24.3. The predicted molar refractivity (Wildman–Crippen MR) is 166 cm³/mol. The molecule has 0 saturated heterocycles. The van der Waals surface area contributed by atoms with Crippen LogP contribution in [0.25, 0.3) is 0 Å². The minimum atomic E-state index is 0.691. The van der Waals surface area contributed by atoms with Crippen LogP contribution in [0.15, 0.2) is 65.6 Å². The number of thioether (sulfide) groups is 1. The highest BCUT2D eigenvalue weighted by molar-refractivity contribution is 8.01. The quantitative estimate of drug-likeness (QED) is 0.0962. The van der Waals surface area contributed by atoms with Crippen LogP contribution in [0.5, 0.6) is 11.5 Å². The Morgan fingerprint density at radius 2 is 1.68 bits per heavy atom. The highest BCUT2D eigenvalue weighted by atomic mass is 32.2. The van der Waals surface area contributed by atoms with Crippen LogP contribution >= 0.6 is 11.8 Å². The Kier molecular flexibility index (Phi) is 27.7. The summed E-state index contributed by atoms with van der Waals surface area (Å²) in [5.41, 5.74) is 2.54. The summed E-state index contributed by atoms with van der Waals surface area (Å²) in [5.74, 6) is 5.86. The van der Waals surface area contributed by atoms with E-state index in [0.717, 1.165) is 36.5 Å². The molecule has 0 aliphatic heterocycles. The lowest BCUT2D eigenvalue weighted by Gasteiger charge is -2.12. The third-order valence-electron chi connectivity index (χ3n) is 4.97. The van der Waals surface area contributed by atoms with E-state index < -0.39 is 0 Å². The number of nitrogens with zero attached hydrogens (tertiary/aromatic N) is 1. The number of unbranched alkanes of at least 4 members (excludes halogenated alkanes) is 2. The highest BCUT2D eigenvalue weighted by Crippen LogP contribution is 2.28. The van der Waals surface area contributed by atoms with Crippen LogP contribution in [0.3, 0.4) is 0 Å². The van der Waals surface area contributed by atoms with Crippen molar-refractivity contribution in [1.82, 2.24) is 5.32 Å². The van der Waals surface area contributed by atoms with Crippen LogP contribution in [-0.4, -0.2) is 12.8 Å². The van der Waals surface area contributed by atoms with Gasteiger partial charge in [-0.1, -0.05) is 88.4 Å². The van der Waals surface area contributed by atoms with Crippen LogP contribution in [0.4, 0.5) is 0 Å². The van der Waals surface area contributed by atoms with E-state index in [2.05, 4.69) is 56.5 Å². The molecular weight excluding hydrogens is 488 g/mol. The van der Waals surface area contributed by atoms with Gasteiger partial charge in [-0.3, -0.25) is 0 Å². The van der Waals surface area contributed by atoms with Gasteiger partial charge in [0.1, 0.15) is 17.8 Å². The molecule has 0 aliphatic rings. The smallest absolute Gasteiger partial charge is 0.176 e. The monoisotopic (exact) mass is 536 g/mol. The van der Waals surface area contributed by atoms with E-state index in [4.69, 9.17) is 21.2 Å². The van der Waals surface area contributed by atoms with Crippen molar-refractivity contribution < 1.29 is 9.53 Å². The van der Waals surface area contributed by atoms with Gasteiger partial charge in [-0.15, -0.1) is 24.1 Å². The first-order chi connectivity index (χ1) is 18.4. The number of carbonyl (C=O) groups excluding carboxylic acids is 1. The summed E-state index contributed by atoms with van der Waals surface area (Å²) in [6.45, 7) is 12.9. The number of nitriles is 1. The Hall–Kier alpha value is -3.15. The van der Waals surface area contributed by atoms with Crippen molar-refractivity contribution in [2.45, 2.75) is 85.8 Å². The molecule has 38 heavy (non-hydrogen) atoms. The van der Waals surface area contributed by atoms with Crippen LogP contribution < -0.4 is 10.1 Å². The molecule has 1 N–H and O–H groups in total. The van der Waals surface area contributed by atoms with Gasteiger partial charge < -0.3 is 14.8 Å². The number of aldehydes is 1. The third-order valence-corrected chi connectivity index (χ3v) is 6.08. The van der Waals surface area contributed by atoms with E-state index in [1.165, 1.54) is 50.2 Å². The molecule has 0 spiro atoms. The van der Waals surface area contributed by atoms with Gasteiger partial charge in [-0.05, 0) is 56.7 Å². The fourth-order valence-corrected chi connectivity index (χ4v) is 3.79. The van der Waals surface area contributed by atoms with Crippen LogP contribution in [0.1, 0.15) is 85.6 Å². The number of hydrogen-bond acceptors (Lipinski definition) is 5. The first kappa shape index (κ1) is 37.0. The van der Waals surface area contributed by atoms with Crippen LogP contribution in [-0.2, 0) is 10.5 Å². The molecule has 0 bridgehead atoms. The number of hydrogen-bond donors (Lipinski definition) is 1. The summed E-state index contributed by atoms with van der Waals surface area (Å²) in [6.07, 6.45) is 14.7. The maximum absolute atomic E-state index is 8.81. The molecule has 4 nitrogen and oxygen atoms in total. The second kappa shape index (κ2) is 28.4. The number of para-hydroxylation sites is 2. The number of nitrogens with one attached hydrogen (secondary N) is 1. The van der Waals surface area contributed by atoms with Gasteiger partial charge in [-0.25, -0.2) is 0 Å². The molecule has 0 amide bonds. The van der Waals surface area contributed by atoms with Gasteiger partial charge in [0, 0.05) is 24.3 Å². The molecule has 208 valence electrons. The fourth-order valence-electron chi connectivity index (χ4n) is 2.96. The number of ether oxygens (including phenoxy) is 1. The number of carbonyl (C=O) groups is 1. The van der Waals surface area contributed by atoms with Crippen molar-refractivity contribution in [1.29, 1.82) is 5.26 Å². The molecule has 1 atom stereocenters. The number of allylic oxidation sites excluding steroid dienone is 1. The zero-order chi connectivity index (χ0) is 28.9. The van der Waals surface area contributed by atoms with Crippen molar-refractivity contribution in [3.8, 4) is 30.0 Å². The van der Waals surface area contributed by atoms with Gasteiger partial charge >= 0.3 is 0 Å². The van der Waals surface area contributed by atoms with E-state index >= 15 is 0 Å². The normalized spacial score (nSPS) is 9.68. The summed E-state index contributed by atoms with van der Waals surface area (Å²) < 4.78 is 5.93. The second-order valence-electron chi connectivity index (χ2n) is 8.59. The Morgan fingerprint density at radius 3 is 2.21 bits per heavy atom. The molecule has 5 heteroatoms. The van der Waals surface area contributed by atoms with Gasteiger partial charge in [0.25, 0.3) is 0 Å². The van der Waals surface area contributed by atoms with Crippen molar-refractivity contribution >= 4 is 18.0 Å². The van der Waals surface area contributed by atoms with Crippen molar-refractivity contribution in [2.75, 3.05) is 6.54 Å². The second-order valence-corrected chi connectivity index (χ2v) is 9.44. The molecule has 1 unspecified atom stereocenters. The largest absolute Gasteiger partial charge is 0.457 e. The number of terminal acetylenes is 1. The first-order valence-electron chi connectivity index (χ1n) is 13.4. The van der Waals surface area contributed by atoms with E-state index in [9.17, 15) is 0 Å². The lowest BCUT2D eigenvalue weighted by Crippen LogP contribution is -2.17.